The number of hydrogen-bond donors (Lipinski definition) is 0. The number of nitrogens with zero attached hydrogens (tertiary/aromatic N) is 3. The third kappa shape index (κ3) is 3.53. The molecule has 3 rings (SSSR count). The zero-order chi connectivity index (χ0) is 16.9. The molecule has 1 aromatic carbocycles. The molecule has 0 bridgehead atoms. The molecular weight excluding hydrogens is 306 g/mol. The minimum absolute atomic E-state index is 0.136. The molecule has 0 unspecified atom stereocenters. The van der Waals surface area contributed by atoms with Gasteiger partial charge in [0.15, 0.2) is 0 Å². The van der Waals surface area contributed by atoms with Crippen LogP contribution in [-0.2, 0) is 17.8 Å². The lowest BCUT2D eigenvalue weighted by molar-refractivity contribution is -0.136. The van der Waals surface area contributed by atoms with Gasteiger partial charge in [0, 0.05) is 31.5 Å². The van der Waals surface area contributed by atoms with E-state index in [4.69, 9.17) is 9.47 Å². The number of likely N-dealkylation sites (N-methyl/N-ethyl adjacent to an activating group) is 1. The van der Waals surface area contributed by atoms with Crippen molar-refractivity contribution in [2.45, 2.75) is 19.9 Å². The van der Waals surface area contributed by atoms with Gasteiger partial charge in [-0.1, -0.05) is 6.07 Å². The number of methoxy groups -OCH3 is 1. The fraction of sp³-hybridized carbons (Fsp3) is 0.444. The number of carbonyl (C=O) groups is 1. The first kappa shape index (κ1) is 16.4. The number of aromatic nitrogens is 2. The summed E-state index contributed by atoms with van der Waals surface area (Å²) in [5, 5.41) is 4.18. The third-order valence-corrected chi connectivity index (χ3v) is 4.38. The van der Waals surface area contributed by atoms with Gasteiger partial charge in [-0.3, -0.25) is 9.48 Å². The van der Waals surface area contributed by atoms with E-state index in [2.05, 4.69) is 5.10 Å². The van der Waals surface area contributed by atoms with Crippen molar-refractivity contribution in [2.24, 2.45) is 5.92 Å². The molecule has 2 heterocycles. The normalized spacial score (nSPS) is 16.2. The Morgan fingerprint density at radius 1 is 1.50 bits per heavy atom. The van der Waals surface area contributed by atoms with E-state index in [0.29, 0.717) is 32.7 Å². The van der Waals surface area contributed by atoms with Crippen molar-refractivity contribution >= 4 is 5.91 Å². The Labute approximate surface area is 142 Å². The predicted octanol–water partition coefficient (Wildman–Crippen LogP) is 1.99. The molecule has 1 aromatic heterocycles. The van der Waals surface area contributed by atoms with E-state index < -0.39 is 0 Å². The van der Waals surface area contributed by atoms with Crippen LogP contribution in [0.25, 0.3) is 0 Å². The molecule has 0 spiro atoms. The van der Waals surface area contributed by atoms with Gasteiger partial charge in [-0.15, -0.1) is 0 Å². The van der Waals surface area contributed by atoms with E-state index in [0.717, 1.165) is 17.1 Å². The number of amides is 1. The first-order valence-electron chi connectivity index (χ1n) is 8.27. The van der Waals surface area contributed by atoms with Gasteiger partial charge < -0.3 is 14.4 Å². The molecule has 0 radical (unpaired) electrons. The first-order chi connectivity index (χ1) is 11.7. The smallest absolute Gasteiger partial charge is 0.229 e. The lowest BCUT2D eigenvalue weighted by Crippen LogP contribution is -2.42. The predicted molar refractivity (Wildman–Crippen MR) is 90.2 cm³/mol. The largest absolute Gasteiger partial charge is 0.497 e. The molecular formula is C18H23N3O3. The number of carbonyl (C=O) groups excluding carboxylic acids is 1. The van der Waals surface area contributed by atoms with Crippen LogP contribution in [0.4, 0.5) is 0 Å². The van der Waals surface area contributed by atoms with Gasteiger partial charge >= 0.3 is 0 Å². The second-order valence-corrected chi connectivity index (χ2v) is 5.87. The van der Waals surface area contributed by atoms with Crippen LogP contribution in [0.2, 0.25) is 0 Å². The zero-order valence-corrected chi connectivity index (χ0v) is 14.1. The Hall–Kier alpha value is -2.50. The average molecular weight is 329 g/mol. The Morgan fingerprint density at radius 3 is 3.08 bits per heavy atom. The summed E-state index contributed by atoms with van der Waals surface area (Å²) < 4.78 is 12.9. The molecule has 0 saturated carbocycles. The zero-order valence-electron chi connectivity index (χ0n) is 14.1. The van der Waals surface area contributed by atoms with E-state index in [1.807, 2.05) is 47.0 Å². The summed E-state index contributed by atoms with van der Waals surface area (Å²) in [6.45, 7) is 4.46. The molecule has 1 aliphatic heterocycles. The molecule has 0 aliphatic carbocycles. The fourth-order valence-corrected chi connectivity index (χ4v) is 2.98. The van der Waals surface area contributed by atoms with Crippen LogP contribution < -0.4 is 9.47 Å². The highest BCUT2D eigenvalue weighted by Crippen LogP contribution is 2.31. The number of fused-ring (bicyclic) bond motifs is 1. The molecule has 6 heteroatoms. The molecule has 1 atom stereocenters. The topological polar surface area (TPSA) is 56.6 Å². The van der Waals surface area contributed by atoms with Crippen LogP contribution in [0.5, 0.6) is 11.5 Å². The molecule has 24 heavy (non-hydrogen) atoms. The van der Waals surface area contributed by atoms with Crippen molar-refractivity contribution in [2.75, 3.05) is 26.8 Å². The first-order valence-corrected chi connectivity index (χ1v) is 8.27. The lowest BCUT2D eigenvalue weighted by Gasteiger charge is -2.30. The minimum atomic E-state index is -0.136. The van der Waals surface area contributed by atoms with Gasteiger partial charge in [-0.2, -0.15) is 5.10 Å². The standard InChI is InChI=1S/C18H23N3O3/c1-3-20(9-10-21-8-4-7-19-21)18(22)15-11-14-5-6-16(23-2)12-17(14)24-13-15/h4-8,12,15H,3,9-11,13H2,1-2H3/t15-/m1/s1. The summed E-state index contributed by atoms with van der Waals surface area (Å²) in [4.78, 5) is 14.7. The monoisotopic (exact) mass is 329 g/mol. The summed E-state index contributed by atoms with van der Waals surface area (Å²) in [5.74, 6) is 1.60. The van der Waals surface area contributed by atoms with Crippen LogP contribution >= 0.6 is 0 Å². The maximum absolute atomic E-state index is 12.8. The van der Waals surface area contributed by atoms with Crippen LogP contribution in [-0.4, -0.2) is 47.4 Å². The van der Waals surface area contributed by atoms with Gasteiger partial charge in [0.1, 0.15) is 18.1 Å². The Balaban J connectivity index is 1.63. The number of hydrogen-bond acceptors (Lipinski definition) is 4. The molecule has 1 aliphatic rings. The van der Waals surface area contributed by atoms with E-state index >= 15 is 0 Å². The summed E-state index contributed by atoms with van der Waals surface area (Å²) in [6.07, 6.45) is 4.36. The molecule has 1 amide bonds. The van der Waals surface area contributed by atoms with Gasteiger partial charge in [-0.05, 0) is 31.0 Å². The van der Waals surface area contributed by atoms with E-state index in [1.165, 1.54) is 0 Å². The van der Waals surface area contributed by atoms with Crippen molar-refractivity contribution in [1.29, 1.82) is 0 Å². The molecule has 6 nitrogen and oxygen atoms in total. The summed E-state index contributed by atoms with van der Waals surface area (Å²) in [6, 6.07) is 7.65. The molecule has 2 aromatic rings. The van der Waals surface area contributed by atoms with Crippen molar-refractivity contribution in [3.63, 3.8) is 0 Å². The van der Waals surface area contributed by atoms with E-state index in [9.17, 15) is 4.79 Å². The number of ether oxygens (including phenoxy) is 2. The van der Waals surface area contributed by atoms with Crippen molar-refractivity contribution < 1.29 is 14.3 Å². The third-order valence-electron chi connectivity index (χ3n) is 4.38. The Bertz CT molecular complexity index is 685. The van der Waals surface area contributed by atoms with Crippen molar-refractivity contribution in [3.05, 3.63) is 42.2 Å². The molecule has 0 N–H and O–H groups in total. The molecule has 0 saturated heterocycles. The van der Waals surface area contributed by atoms with Crippen LogP contribution in [0.1, 0.15) is 12.5 Å². The SMILES string of the molecule is CCN(CCn1cccn1)C(=O)[C@H]1COc2cc(OC)ccc2C1. The van der Waals surface area contributed by atoms with Crippen molar-refractivity contribution in [3.8, 4) is 11.5 Å². The van der Waals surface area contributed by atoms with E-state index in [-0.39, 0.29) is 11.8 Å². The molecule has 0 fully saturated rings. The Morgan fingerprint density at radius 2 is 2.38 bits per heavy atom. The highest BCUT2D eigenvalue weighted by atomic mass is 16.5. The maximum atomic E-state index is 12.8. The maximum Gasteiger partial charge on any atom is 0.229 e. The van der Waals surface area contributed by atoms with Crippen LogP contribution in [0.3, 0.4) is 0 Å². The summed E-state index contributed by atoms with van der Waals surface area (Å²) >= 11 is 0. The summed E-state index contributed by atoms with van der Waals surface area (Å²) in [5.41, 5.74) is 1.06. The van der Waals surface area contributed by atoms with Crippen LogP contribution in [0, 0.1) is 5.92 Å². The lowest BCUT2D eigenvalue weighted by atomic mass is 9.95. The quantitative estimate of drug-likeness (QED) is 0.813. The highest BCUT2D eigenvalue weighted by Gasteiger charge is 2.29. The average Bonchev–Trinajstić information content (AvgIpc) is 3.14. The van der Waals surface area contributed by atoms with Gasteiger partial charge in [0.25, 0.3) is 0 Å². The van der Waals surface area contributed by atoms with E-state index in [1.54, 1.807) is 13.3 Å². The highest BCUT2D eigenvalue weighted by molar-refractivity contribution is 5.79. The number of rotatable bonds is 6. The van der Waals surface area contributed by atoms with Crippen molar-refractivity contribution in [1.82, 2.24) is 14.7 Å². The van der Waals surface area contributed by atoms with Gasteiger partial charge in [0.05, 0.1) is 19.6 Å². The van der Waals surface area contributed by atoms with Gasteiger partial charge in [0.2, 0.25) is 5.91 Å². The van der Waals surface area contributed by atoms with Crippen LogP contribution in [0.15, 0.2) is 36.7 Å². The fourth-order valence-electron chi connectivity index (χ4n) is 2.98. The summed E-state index contributed by atoms with van der Waals surface area (Å²) in [7, 11) is 1.63. The second kappa shape index (κ2) is 7.38. The Kier molecular flexibility index (Phi) is 5.03. The second-order valence-electron chi connectivity index (χ2n) is 5.87. The number of benzene rings is 1. The molecule has 128 valence electrons. The minimum Gasteiger partial charge on any atom is -0.497 e. The van der Waals surface area contributed by atoms with Gasteiger partial charge in [-0.25, -0.2) is 0 Å².